The van der Waals surface area contributed by atoms with Gasteiger partial charge in [-0.1, -0.05) is 23.4 Å². The van der Waals surface area contributed by atoms with Crippen LogP contribution in [0.25, 0.3) is 10.9 Å². The number of likely N-dealkylation sites (tertiary alicyclic amines) is 1. The monoisotopic (exact) mass is 580 g/mol. The highest BCUT2D eigenvalue weighted by molar-refractivity contribution is 9.18. The number of fused-ring (bicyclic) bond motifs is 1. The molecule has 1 saturated heterocycles. The summed E-state index contributed by atoms with van der Waals surface area (Å²) in [5, 5.41) is 10.5. The van der Waals surface area contributed by atoms with Gasteiger partial charge < -0.3 is 20.2 Å². The lowest BCUT2D eigenvalue weighted by Crippen LogP contribution is -2.47. The van der Waals surface area contributed by atoms with Gasteiger partial charge in [0.1, 0.15) is 17.3 Å². The Morgan fingerprint density at radius 3 is 2.82 bits per heavy atom. The minimum Gasteiger partial charge on any atom is -0.444 e. The van der Waals surface area contributed by atoms with E-state index in [1.807, 2.05) is 30.3 Å². The Labute approximate surface area is 226 Å². The zero-order valence-corrected chi connectivity index (χ0v) is 21.8. The van der Waals surface area contributed by atoms with Crippen LogP contribution in [0.5, 0.6) is 0 Å². The normalized spacial score (nSPS) is 20.5. The Morgan fingerprint density at radius 1 is 1.16 bits per heavy atom. The average molecular weight is 581 g/mol. The molecule has 0 bridgehead atoms. The summed E-state index contributed by atoms with van der Waals surface area (Å²) in [5.74, 6) is -0.694. The molecule has 0 aliphatic carbocycles. The number of rotatable bonds is 7. The van der Waals surface area contributed by atoms with Crippen molar-refractivity contribution in [3.63, 3.8) is 0 Å². The van der Waals surface area contributed by atoms with E-state index in [4.69, 9.17) is 9.57 Å². The first kappa shape index (κ1) is 25.6. The minimum atomic E-state index is -0.831. The van der Waals surface area contributed by atoms with Crippen molar-refractivity contribution >= 4 is 49.4 Å². The van der Waals surface area contributed by atoms with Gasteiger partial charge in [-0.15, -0.1) is 0 Å². The molecule has 3 amide bonds. The number of amides is 3. The van der Waals surface area contributed by atoms with E-state index in [1.54, 1.807) is 24.5 Å². The van der Waals surface area contributed by atoms with Crippen molar-refractivity contribution in [2.24, 2.45) is 5.16 Å². The van der Waals surface area contributed by atoms with E-state index >= 15 is 0 Å². The number of benzene rings is 1. The summed E-state index contributed by atoms with van der Waals surface area (Å²) in [6, 6.07) is 11.6. The maximum atomic E-state index is 13.1. The van der Waals surface area contributed by atoms with Crippen LogP contribution in [0.3, 0.4) is 0 Å². The molecular weight excluding hydrogens is 556 g/mol. The third-order valence-electron chi connectivity index (χ3n) is 6.31. The Morgan fingerprint density at radius 2 is 2.03 bits per heavy atom. The number of nitrogens with zero attached hydrogens (tertiary/aromatic N) is 4. The lowest BCUT2D eigenvalue weighted by Gasteiger charge is -2.23. The van der Waals surface area contributed by atoms with Gasteiger partial charge in [0.05, 0.1) is 17.6 Å². The Kier molecular flexibility index (Phi) is 7.78. The largest absolute Gasteiger partial charge is 0.444 e. The van der Waals surface area contributed by atoms with Crippen molar-refractivity contribution in [3.05, 3.63) is 72.2 Å². The number of halogens is 1. The molecule has 11 nitrogen and oxygen atoms in total. The van der Waals surface area contributed by atoms with Gasteiger partial charge in [0.15, 0.2) is 6.10 Å². The molecule has 12 heteroatoms. The third-order valence-corrected chi connectivity index (χ3v) is 6.78. The summed E-state index contributed by atoms with van der Waals surface area (Å²) in [7, 11) is 0. The number of oxime groups is 1. The Bertz CT molecular complexity index is 1370. The predicted molar refractivity (Wildman–Crippen MR) is 141 cm³/mol. The number of ether oxygens (including phenoxy) is 1. The van der Waals surface area contributed by atoms with E-state index in [0.717, 1.165) is 16.5 Å². The van der Waals surface area contributed by atoms with Crippen LogP contribution in [0.4, 0.5) is 4.79 Å². The highest BCUT2D eigenvalue weighted by Crippen LogP contribution is 2.22. The number of carbonyl (C=O) groups excluding carboxylic acids is 3. The van der Waals surface area contributed by atoms with Gasteiger partial charge in [-0.3, -0.25) is 24.5 Å². The average Bonchev–Trinajstić information content (AvgIpc) is 3.56. The van der Waals surface area contributed by atoms with Crippen LogP contribution in [-0.4, -0.2) is 68.7 Å². The number of hydrogen-bond donors (Lipinski definition) is 2. The highest BCUT2D eigenvalue weighted by Gasteiger charge is 2.41. The first-order valence-electron chi connectivity index (χ1n) is 12.1. The van der Waals surface area contributed by atoms with E-state index in [1.165, 1.54) is 11.1 Å². The number of carbonyl (C=O) groups is 3. The van der Waals surface area contributed by atoms with Gasteiger partial charge in [-0.25, -0.2) is 4.79 Å². The maximum Gasteiger partial charge on any atom is 0.410 e. The molecule has 0 unspecified atom stereocenters. The Hall–Kier alpha value is -4.06. The van der Waals surface area contributed by atoms with Gasteiger partial charge in [0.25, 0.3) is 5.91 Å². The second kappa shape index (κ2) is 11.5. The zero-order chi connectivity index (χ0) is 26.5. The number of nitrogens with one attached hydrogen (secondary N) is 2. The van der Waals surface area contributed by atoms with Crippen molar-refractivity contribution in [1.82, 2.24) is 25.5 Å². The van der Waals surface area contributed by atoms with E-state index in [9.17, 15) is 14.4 Å². The number of hydrogen-bond acceptors (Lipinski definition) is 8. The molecule has 3 aromatic rings. The van der Waals surface area contributed by atoms with E-state index in [2.05, 4.69) is 41.7 Å². The molecule has 2 aliphatic rings. The van der Waals surface area contributed by atoms with Crippen LogP contribution in [0.2, 0.25) is 0 Å². The summed E-state index contributed by atoms with van der Waals surface area (Å²) in [6.45, 7) is 0.343. The molecule has 1 fully saturated rings. The zero-order valence-electron chi connectivity index (χ0n) is 20.2. The molecular formula is C26H25BrN6O5. The summed E-state index contributed by atoms with van der Waals surface area (Å²) in [4.78, 5) is 53.9. The van der Waals surface area contributed by atoms with Crippen LogP contribution < -0.4 is 10.6 Å². The fraction of sp³-hybridized carbons (Fsp3) is 0.308. The molecule has 0 spiro atoms. The van der Waals surface area contributed by atoms with Gasteiger partial charge in [-0.05, 0) is 46.6 Å². The first-order chi connectivity index (χ1) is 18.5. The molecule has 0 saturated carbocycles. The van der Waals surface area contributed by atoms with Gasteiger partial charge in [0.2, 0.25) is 5.91 Å². The number of para-hydroxylation sites is 1. The number of aromatic nitrogens is 2. The predicted octanol–water partition coefficient (Wildman–Crippen LogP) is 2.75. The van der Waals surface area contributed by atoms with Crippen LogP contribution in [0.1, 0.15) is 28.8 Å². The van der Waals surface area contributed by atoms with Gasteiger partial charge in [-0.2, -0.15) is 0 Å². The van der Waals surface area contributed by atoms with Crippen LogP contribution >= 0.6 is 15.9 Å². The van der Waals surface area contributed by atoms with Gasteiger partial charge >= 0.3 is 6.09 Å². The lowest BCUT2D eigenvalue weighted by atomic mass is 10.1. The fourth-order valence-corrected chi connectivity index (χ4v) is 4.86. The van der Waals surface area contributed by atoms with Crippen LogP contribution in [0.15, 0.2) is 66.2 Å². The van der Waals surface area contributed by atoms with Crippen molar-refractivity contribution < 1.29 is 24.0 Å². The molecule has 1 aromatic carbocycles. The molecule has 3 atom stereocenters. The fourth-order valence-electron chi connectivity index (χ4n) is 4.42. The van der Waals surface area contributed by atoms with Crippen molar-refractivity contribution in [3.8, 4) is 0 Å². The van der Waals surface area contributed by atoms with Crippen LogP contribution in [0, 0.1) is 0 Å². The molecule has 0 radical (unpaired) electrons. The molecule has 2 aromatic heterocycles. The van der Waals surface area contributed by atoms with E-state index < -0.39 is 18.2 Å². The van der Waals surface area contributed by atoms with Crippen molar-refractivity contribution in [1.29, 1.82) is 0 Å². The molecule has 196 valence electrons. The minimum absolute atomic E-state index is 0.00447. The summed E-state index contributed by atoms with van der Waals surface area (Å²) in [5.41, 5.74) is 1.96. The van der Waals surface area contributed by atoms with E-state index in [0.29, 0.717) is 16.6 Å². The lowest BCUT2D eigenvalue weighted by molar-refractivity contribution is -0.125. The maximum absolute atomic E-state index is 13.1. The highest BCUT2D eigenvalue weighted by atomic mass is 79.9. The summed E-state index contributed by atoms with van der Waals surface area (Å²) in [6.07, 6.45) is 4.52. The topological polar surface area (TPSA) is 135 Å². The molecule has 2 aliphatic heterocycles. The number of pyridine rings is 2. The quantitative estimate of drug-likeness (QED) is 0.438. The van der Waals surface area contributed by atoms with Crippen LogP contribution in [-0.2, 0) is 21.0 Å². The second-order valence-corrected chi connectivity index (χ2v) is 9.97. The van der Waals surface area contributed by atoms with Crippen molar-refractivity contribution in [2.45, 2.75) is 37.6 Å². The molecule has 2 N–H and O–H groups in total. The molecule has 5 rings (SSSR count). The summed E-state index contributed by atoms with van der Waals surface area (Å²) < 4.78 is 6.24. The first-order valence-corrected chi connectivity index (χ1v) is 12.9. The van der Waals surface area contributed by atoms with E-state index in [-0.39, 0.29) is 44.0 Å². The van der Waals surface area contributed by atoms with Crippen molar-refractivity contribution in [2.75, 3.05) is 13.1 Å². The third kappa shape index (κ3) is 6.08. The Balaban J connectivity index is 1.24. The SMILES string of the molecule is O=C(N[C@@H]1C[C@@H](C(=O)NC[C@@H]2CC(Br)=NO2)N(C(=O)OCc2cnc3ccccc3c2)C1)c1cccnc1. The smallest absolute Gasteiger partial charge is 0.410 e. The standard InChI is InChI=1S/C26H25BrN6O5/c27-23-10-20(38-32-23)13-30-25(35)22-9-19(31-24(34)18-5-3-7-28-12-18)14-33(22)26(36)37-15-16-8-17-4-1-2-6-21(17)29-11-16/h1-8,11-12,19-20,22H,9-10,13-15H2,(H,30,35)(H,31,34)/t19-,20+,22+/m1/s1. The molecule has 38 heavy (non-hydrogen) atoms. The van der Waals surface area contributed by atoms with Gasteiger partial charge in [0, 0.05) is 48.5 Å². The summed E-state index contributed by atoms with van der Waals surface area (Å²) >= 11 is 3.27. The molecule has 4 heterocycles. The second-order valence-electron chi connectivity index (χ2n) is 9.05.